The summed E-state index contributed by atoms with van der Waals surface area (Å²) in [6, 6.07) is 14.5. The molecule has 0 aliphatic heterocycles. The Morgan fingerprint density at radius 2 is 1.84 bits per heavy atom. The van der Waals surface area contributed by atoms with Crippen LogP contribution in [0.4, 0.5) is 11.4 Å². The summed E-state index contributed by atoms with van der Waals surface area (Å²) in [6.07, 6.45) is 0.272. The monoisotopic (exact) mass is 256 g/mol. The first-order valence-corrected chi connectivity index (χ1v) is 5.96. The average molecular weight is 256 g/mol. The summed E-state index contributed by atoms with van der Waals surface area (Å²) in [5.41, 5.74) is 7.85. The number of ether oxygens (including phenoxy) is 1. The number of hydrogen-bond acceptors (Lipinski definition) is 3. The van der Waals surface area contributed by atoms with Crippen LogP contribution in [0.5, 0.6) is 5.75 Å². The number of carbonyl (C=O) groups excluding carboxylic acids is 1. The molecule has 2 rings (SSSR count). The van der Waals surface area contributed by atoms with Gasteiger partial charge in [-0.3, -0.25) is 4.79 Å². The predicted octanol–water partition coefficient (Wildman–Crippen LogP) is 2.46. The van der Waals surface area contributed by atoms with Crippen LogP contribution in [0, 0.1) is 0 Å². The van der Waals surface area contributed by atoms with Crippen LogP contribution in [-0.2, 0) is 11.2 Å². The Labute approximate surface area is 112 Å². The molecule has 1 amide bonds. The van der Waals surface area contributed by atoms with Gasteiger partial charge in [-0.15, -0.1) is 0 Å². The molecule has 98 valence electrons. The van der Waals surface area contributed by atoms with Gasteiger partial charge in [0.1, 0.15) is 5.75 Å². The molecule has 0 saturated heterocycles. The lowest BCUT2D eigenvalue weighted by atomic mass is 10.1. The number of para-hydroxylation sites is 1. The first-order chi connectivity index (χ1) is 9.19. The van der Waals surface area contributed by atoms with Crippen LogP contribution >= 0.6 is 0 Å². The number of nitrogen functional groups attached to an aromatic ring is 1. The van der Waals surface area contributed by atoms with Gasteiger partial charge >= 0.3 is 0 Å². The fourth-order valence-electron chi connectivity index (χ4n) is 1.79. The number of hydrogen-bond donors (Lipinski definition) is 2. The topological polar surface area (TPSA) is 64.3 Å². The SMILES string of the molecule is COc1ccccc1CC(=O)Nc1ccc(N)cc1. The molecule has 0 atom stereocenters. The van der Waals surface area contributed by atoms with Crippen molar-refractivity contribution in [1.82, 2.24) is 0 Å². The Balaban J connectivity index is 2.03. The van der Waals surface area contributed by atoms with Gasteiger partial charge in [-0.05, 0) is 30.3 Å². The minimum Gasteiger partial charge on any atom is -0.496 e. The molecule has 0 aromatic heterocycles. The van der Waals surface area contributed by atoms with Crippen molar-refractivity contribution < 1.29 is 9.53 Å². The van der Waals surface area contributed by atoms with Gasteiger partial charge in [0.25, 0.3) is 0 Å². The number of amides is 1. The lowest BCUT2D eigenvalue weighted by Gasteiger charge is -2.09. The minimum atomic E-state index is -0.0886. The molecule has 2 aromatic carbocycles. The van der Waals surface area contributed by atoms with Crippen molar-refractivity contribution >= 4 is 17.3 Å². The highest BCUT2D eigenvalue weighted by Gasteiger charge is 2.08. The third-order valence-corrected chi connectivity index (χ3v) is 2.74. The smallest absolute Gasteiger partial charge is 0.228 e. The molecule has 4 heteroatoms. The molecular weight excluding hydrogens is 240 g/mol. The van der Waals surface area contributed by atoms with Gasteiger partial charge in [0.05, 0.1) is 13.5 Å². The van der Waals surface area contributed by atoms with Crippen LogP contribution in [0.15, 0.2) is 48.5 Å². The van der Waals surface area contributed by atoms with Crippen molar-refractivity contribution in [2.45, 2.75) is 6.42 Å². The van der Waals surface area contributed by atoms with Gasteiger partial charge in [-0.2, -0.15) is 0 Å². The third-order valence-electron chi connectivity index (χ3n) is 2.74. The van der Waals surface area contributed by atoms with E-state index in [0.29, 0.717) is 5.69 Å². The maximum Gasteiger partial charge on any atom is 0.228 e. The largest absolute Gasteiger partial charge is 0.496 e. The number of nitrogens with two attached hydrogens (primary N) is 1. The lowest BCUT2D eigenvalue weighted by molar-refractivity contribution is -0.115. The molecule has 19 heavy (non-hydrogen) atoms. The number of methoxy groups -OCH3 is 1. The highest BCUT2D eigenvalue weighted by Crippen LogP contribution is 2.18. The second-order valence-electron chi connectivity index (χ2n) is 4.16. The Bertz CT molecular complexity index is 565. The second-order valence-corrected chi connectivity index (χ2v) is 4.16. The molecule has 3 N–H and O–H groups in total. The van der Waals surface area contributed by atoms with E-state index in [-0.39, 0.29) is 12.3 Å². The lowest BCUT2D eigenvalue weighted by Crippen LogP contribution is -2.14. The molecule has 0 radical (unpaired) electrons. The van der Waals surface area contributed by atoms with Gasteiger partial charge < -0.3 is 15.8 Å². The van der Waals surface area contributed by atoms with Gasteiger partial charge in [-0.1, -0.05) is 18.2 Å². The zero-order valence-corrected chi connectivity index (χ0v) is 10.7. The predicted molar refractivity (Wildman–Crippen MR) is 76.2 cm³/mol. The molecule has 4 nitrogen and oxygen atoms in total. The maximum atomic E-state index is 11.9. The van der Waals surface area contributed by atoms with Crippen LogP contribution in [-0.4, -0.2) is 13.0 Å². The van der Waals surface area contributed by atoms with Crippen molar-refractivity contribution in [3.63, 3.8) is 0 Å². The minimum absolute atomic E-state index is 0.0886. The van der Waals surface area contributed by atoms with Gasteiger partial charge in [0.2, 0.25) is 5.91 Å². The number of nitrogens with one attached hydrogen (secondary N) is 1. The fraction of sp³-hybridized carbons (Fsp3) is 0.133. The number of rotatable bonds is 4. The first kappa shape index (κ1) is 13.0. The van der Waals surface area contributed by atoms with Crippen LogP contribution in [0.2, 0.25) is 0 Å². The summed E-state index contributed by atoms with van der Waals surface area (Å²) in [4.78, 5) is 11.9. The molecule has 0 saturated carbocycles. The highest BCUT2D eigenvalue weighted by molar-refractivity contribution is 5.92. The van der Waals surface area contributed by atoms with Crippen molar-refractivity contribution in [1.29, 1.82) is 0 Å². The van der Waals surface area contributed by atoms with Crippen molar-refractivity contribution in [3.8, 4) is 5.75 Å². The summed E-state index contributed by atoms with van der Waals surface area (Å²) in [7, 11) is 1.59. The molecule has 0 spiro atoms. The van der Waals surface area contributed by atoms with Crippen molar-refractivity contribution in [2.75, 3.05) is 18.2 Å². The van der Waals surface area contributed by atoms with Crippen LogP contribution in [0.25, 0.3) is 0 Å². The maximum absolute atomic E-state index is 11.9. The second kappa shape index (κ2) is 5.91. The standard InChI is InChI=1S/C15H16N2O2/c1-19-14-5-3-2-4-11(14)10-15(18)17-13-8-6-12(16)7-9-13/h2-9H,10,16H2,1H3,(H,17,18). The summed E-state index contributed by atoms with van der Waals surface area (Å²) in [5.74, 6) is 0.629. The van der Waals surface area contributed by atoms with E-state index in [2.05, 4.69) is 5.32 Å². The van der Waals surface area contributed by atoms with Crippen LogP contribution in [0.1, 0.15) is 5.56 Å². The van der Waals surface area contributed by atoms with Crippen LogP contribution < -0.4 is 15.8 Å². The Kier molecular flexibility index (Phi) is 4.03. The van der Waals surface area contributed by atoms with Crippen LogP contribution in [0.3, 0.4) is 0 Å². The van der Waals surface area contributed by atoms with Crippen molar-refractivity contribution in [3.05, 3.63) is 54.1 Å². The summed E-state index contributed by atoms with van der Waals surface area (Å²) >= 11 is 0. The molecule has 2 aromatic rings. The van der Waals surface area contributed by atoms with Gasteiger partial charge in [0, 0.05) is 16.9 Å². The van der Waals surface area contributed by atoms with E-state index < -0.39 is 0 Å². The third kappa shape index (κ3) is 3.48. The van der Waals surface area contributed by atoms with E-state index in [1.807, 2.05) is 24.3 Å². The molecule has 0 bridgehead atoms. The van der Waals surface area contributed by atoms with Gasteiger partial charge in [0.15, 0.2) is 0 Å². The summed E-state index contributed by atoms with van der Waals surface area (Å²) in [6.45, 7) is 0. The average Bonchev–Trinajstić information content (AvgIpc) is 2.42. The Morgan fingerprint density at radius 1 is 1.16 bits per heavy atom. The first-order valence-electron chi connectivity index (χ1n) is 5.96. The van der Waals surface area contributed by atoms with E-state index in [0.717, 1.165) is 17.0 Å². The van der Waals surface area contributed by atoms with Gasteiger partial charge in [-0.25, -0.2) is 0 Å². The van der Waals surface area contributed by atoms with E-state index in [4.69, 9.17) is 10.5 Å². The number of anilines is 2. The molecular formula is C15H16N2O2. The highest BCUT2D eigenvalue weighted by atomic mass is 16.5. The quantitative estimate of drug-likeness (QED) is 0.826. The zero-order valence-electron chi connectivity index (χ0n) is 10.7. The summed E-state index contributed by atoms with van der Waals surface area (Å²) in [5, 5.41) is 2.82. The Hall–Kier alpha value is -2.49. The van der Waals surface area contributed by atoms with E-state index >= 15 is 0 Å². The zero-order chi connectivity index (χ0) is 13.7. The number of carbonyl (C=O) groups is 1. The normalized spacial score (nSPS) is 9.95. The van der Waals surface area contributed by atoms with E-state index in [1.54, 1.807) is 31.4 Å². The molecule has 0 aliphatic rings. The fourth-order valence-corrected chi connectivity index (χ4v) is 1.79. The Morgan fingerprint density at radius 3 is 2.53 bits per heavy atom. The molecule has 0 unspecified atom stereocenters. The van der Waals surface area contributed by atoms with E-state index in [9.17, 15) is 4.79 Å². The molecule has 0 fully saturated rings. The molecule has 0 heterocycles. The van der Waals surface area contributed by atoms with E-state index in [1.165, 1.54) is 0 Å². The summed E-state index contributed by atoms with van der Waals surface area (Å²) < 4.78 is 5.22. The molecule has 0 aliphatic carbocycles. The number of benzene rings is 2. The van der Waals surface area contributed by atoms with Crippen molar-refractivity contribution in [2.24, 2.45) is 0 Å².